The smallest absolute Gasteiger partial charge is 0.219 e. The van der Waals surface area contributed by atoms with E-state index in [0.717, 1.165) is 17.1 Å². The van der Waals surface area contributed by atoms with E-state index < -0.39 is 0 Å². The number of nitrogens with zero attached hydrogens (tertiary/aromatic N) is 1. The van der Waals surface area contributed by atoms with E-state index in [-0.39, 0.29) is 6.04 Å². The predicted octanol–water partition coefficient (Wildman–Crippen LogP) is 3.55. The maximum atomic E-state index is 5.75. The average Bonchev–Trinajstić information content (AvgIpc) is 2.49. The van der Waals surface area contributed by atoms with Crippen LogP contribution in [-0.4, -0.2) is 18.6 Å². The summed E-state index contributed by atoms with van der Waals surface area (Å²) in [6.45, 7) is 4.71. The first kappa shape index (κ1) is 14.3. The van der Waals surface area contributed by atoms with Crippen molar-refractivity contribution < 1.29 is 9.47 Å². The number of rotatable bonds is 6. The van der Waals surface area contributed by atoms with Crippen molar-refractivity contribution in [1.82, 2.24) is 10.3 Å². The molecule has 1 aromatic heterocycles. The second-order valence-electron chi connectivity index (χ2n) is 4.44. The number of aromatic nitrogens is 1. The second kappa shape index (κ2) is 6.91. The van der Waals surface area contributed by atoms with E-state index in [2.05, 4.69) is 17.2 Å². The maximum absolute atomic E-state index is 5.75. The first-order valence-corrected chi connectivity index (χ1v) is 6.77. The fraction of sp³-hybridized carbons (Fsp3) is 0.312. The quantitative estimate of drug-likeness (QED) is 0.873. The molecule has 0 aliphatic heterocycles. The van der Waals surface area contributed by atoms with E-state index in [9.17, 15) is 0 Å². The highest BCUT2D eigenvalue weighted by Gasteiger charge is 2.05. The molecule has 20 heavy (non-hydrogen) atoms. The van der Waals surface area contributed by atoms with Crippen LogP contribution in [0.15, 0.2) is 42.6 Å². The van der Waals surface area contributed by atoms with E-state index in [1.165, 1.54) is 0 Å². The summed E-state index contributed by atoms with van der Waals surface area (Å²) < 4.78 is 11.1. The van der Waals surface area contributed by atoms with Crippen LogP contribution in [0.2, 0.25) is 0 Å². The molecule has 0 aliphatic carbocycles. The number of pyridine rings is 1. The number of ether oxygens (including phenoxy) is 2. The van der Waals surface area contributed by atoms with Crippen LogP contribution in [0.1, 0.15) is 25.5 Å². The Hall–Kier alpha value is -2.07. The Bertz CT molecular complexity index is 540. The van der Waals surface area contributed by atoms with Gasteiger partial charge in [-0.3, -0.25) is 0 Å². The summed E-state index contributed by atoms with van der Waals surface area (Å²) in [5.74, 6) is 2.18. The summed E-state index contributed by atoms with van der Waals surface area (Å²) in [4.78, 5) is 4.23. The third-order valence-electron chi connectivity index (χ3n) is 3.05. The van der Waals surface area contributed by atoms with Crippen LogP contribution in [0.25, 0.3) is 0 Å². The molecule has 2 rings (SSSR count). The topological polar surface area (TPSA) is 43.4 Å². The van der Waals surface area contributed by atoms with Crippen molar-refractivity contribution in [3.8, 4) is 17.4 Å². The Morgan fingerprint density at radius 1 is 1.15 bits per heavy atom. The van der Waals surface area contributed by atoms with Crippen LogP contribution in [0, 0.1) is 0 Å². The number of hydrogen-bond donors (Lipinski definition) is 1. The van der Waals surface area contributed by atoms with Crippen molar-refractivity contribution in [3.05, 3.63) is 48.2 Å². The molecule has 0 radical (unpaired) electrons. The van der Waals surface area contributed by atoms with Gasteiger partial charge in [-0.05, 0) is 56.8 Å². The monoisotopic (exact) mass is 272 g/mol. The van der Waals surface area contributed by atoms with E-state index in [1.807, 2.05) is 50.4 Å². The molecule has 1 heterocycles. The van der Waals surface area contributed by atoms with E-state index in [1.54, 1.807) is 6.20 Å². The average molecular weight is 272 g/mol. The molecule has 1 aromatic carbocycles. The molecule has 4 nitrogen and oxygen atoms in total. The van der Waals surface area contributed by atoms with Crippen molar-refractivity contribution in [2.24, 2.45) is 0 Å². The van der Waals surface area contributed by atoms with Crippen molar-refractivity contribution in [1.29, 1.82) is 0 Å². The fourth-order valence-corrected chi connectivity index (χ4v) is 1.81. The van der Waals surface area contributed by atoms with Gasteiger partial charge in [-0.2, -0.15) is 0 Å². The van der Waals surface area contributed by atoms with Gasteiger partial charge in [0.15, 0.2) is 0 Å². The van der Waals surface area contributed by atoms with Gasteiger partial charge in [0.2, 0.25) is 5.88 Å². The minimum absolute atomic E-state index is 0.265. The van der Waals surface area contributed by atoms with Crippen molar-refractivity contribution in [2.75, 3.05) is 13.7 Å². The Balaban J connectivity index is 2.09. The molecule has 0 saturated heterocycles. The normalized spacial score (nSPS) is 11.9. The van der Waals surface area contributed by atoms with Gasteiger partial charge < -0.3 is 14.8 Å². The molecule has 1 N–H and O–H groups in total. The van der Waals surface area contributed by atoms with Crippen LogP contribution in [0.4, 0.5) is 0 Å². The van der Waals surface area contributed by atoms with Crippen LogP contribution in [0.5, 0.6) is 17.4 Å². The molecule has 1 unspecified atom stereocenters. The Morgan fingerprint density at radius 3 is 2.50 bits per heavy atom. The highest BCUT2D eigenvalue weighted by Crippen LogP contribution is 2.24. The lowest BCUT2D eigenvalue weighted by Crippen LogP contribution is -2.12. The van der Waals surface area contributed by atoms with Gasteiger partial charge in [0.05, 0.1) is 6.61 Å². The molecule has 1 atom stereocenters. The van der Waals surface area contributed by atoms with Crippen LogP contribution in [-0.2, 0) is 0 Å². The number of nitrogens with one attached hydrogen (secondary N) is 1. The standard InChI is InChI=1S/C16H20N2O2/c1-4-19-14-5-7-15(8-6-14)20-16-11-13(9-10-18-16)12(2)17-3/h5-12,17H,4H2,1-3H3. The zero-order valence-electron chi connectivity index (χ0n) is 12.1. The van der Waals surface area contributed by atoms with Gasteiger partial charge in [-0.25, -0.2) is 4.98 Å². The minimum Gasteiger partial charge on any atom is -0.494 e. The zero-order valence-corrected chi connectivity index (χ0v) is 12.1. The summed E-state index contributed by atoms with van der Waals surface area (Å²) in [5.41, 5.74) is 1.14. The molecule has 0 spiro atoms. The Morgan fingerprint density at radius 2 is 1.85 bits per heavy atom. The van der Waals surface area contributed by atoms with Gasteiger partial charge in [0.1, 0.15) is 11.5 Å². The fourth-order valence-electron chi connectivity index (χ4n) is 1.81. The summed E-state index contributed by atoms with van der Waals surface area (Å²) in [6, 6.07) is 11.7. The highest BCUT2D eigenvalue weighted by molar-refractivity contribution is 5.34. The SMILES string of the molecule is CCOc1ccc(Oc2cc(C(C)NC)ccn2)cc1. The first-order chi connectivity index (χ1) is 9.72. The molecular weight excluding hydrogens is 252 g/mol. The van der Waals surface area contributed by atoms with E-state index in [0.29, 0.717) is 12.5 Å². The molecule has 4 heteroatoms. The summed E-state index contributed by atoms with van der Waals surface area (Å²) in [5, 5.41) is 3.19. The molecule has 0 saturated carbocycles. The van der Waals surface area contributed by atoms with Gasteiger partial charge in [-0.15, -0.1) is 0 Å². The molecule has 0 aliphatic rings. The van der Waals surface area contributed by atoms with E-state index >= 15 is 0 Å². The summed E-state index contributed by atoms with van der Waals surface area (Å²) >= 11 is 0. The minimum atomic E-state index is 0.265. The van der Waals surface area contributed by atoms with Crippen LogP contribution >= 0.6 is 0 Å². The van der Waals surface area contributed by atoms with Gasteiger partial charge in [-0.1, -0.05) is 0 Å². The third kappa shape index (κ3) is 3.71. The molecule has 0 bridgehead atoms. The largest absolute Gasteiger partial charge is 0.494 e. The number of hydrogen-bond acceptors (Lipinski definition) is 4. The molecule has 0 fully saturated rings. The molecule has 2 aromatic rings. The van der Waals surface area contributed by atoms with Gasteiger partial charge >= 0.3 is 0 Å². The molecular formula is C16H20N2O2. The Labute approximate surface area is 119 Å². The van der Waals surface area contributed by atoms with Crippen LogP contribution < -0.4 is 14.8 Å². The van der Waals surface area contributed by atoms with E-state index in [4.69, 9.17) is 9.47 Å². The van der Waals surface area contributed by atoms with Gasteiger partial charge in [0, 0.05) is 18.3 Å². The molecule has 0 amide bonds. The van der Waals surface area contributed by atoms with Crippen molar-refractivity contribution in [2.45, 2.75) is 19.9 Å². The second-order valence-corrected chi connectivity index (χ2v) is 4.44. The lowest BCUT2D eigenvalue weighted by atomic mass is 10.1. The zero-order chi connectivity index (χ0) is 14.4. The maximum Gasteiger partial charge on any atom is 0.219 e. The lowest BCUT2D eigenvalue weighted by molar-refractivity contribution is 0.339. The van der Waals surface area contributed by atoms with Crippen LogP contribution in [0.3, 0.4) is 0 Å². The van der Waals surface area contributed by atoms with Gasteiger partial charge in [0.25, 0.3) is 0 Å². The summed E-state index contributed by atoms with van der Waals surface area (Å²) in [7, 11) is 1.93. The first-order valence-electron chi connectivity index (χ1n) is 6.77. The van der Waals surface area contributed by atoms with Crippen molar-refractivity contribution >= 4 is 0 Å². The Kier molecular flexibility index (Phi) is 4.96. The number of benzene rings is 1. The predicted molar refractivity (Wildman–Crippen MR) is 79.4 cm³/mol. The molecule has 106 valence electrons. The lowest BCUT2D eigenvalue weighted by Gasteiger charge is -2.12. The third-order valence-corrected chi connectivity index (χ3v) is 3.05. The highest BCUT2D eigenvalue weighted by atomic mass is 16.5. The summed E-state index contributed by atoms with van der Waals surface area (Å²) in [6.07, 6.45) is 1.76. The van der Waals surface area contributed by atoms with Crippen molar-refractivity contribution in [3.63, 3.8) is 0 Å².